The molecule has 0 atom stereocenters. The van der Waals surface area contributed by atoms with Gasteiger partial charge in [-0.15, -0.1) is 0 Å². The molecule has 0 heterocycles. The summed E-state index contributed by atoms with van der Waals surface area (Å²) in [6.45, 7) is 1.30. The molecule has 0 aromatic heterocycles. The van der Waals surface area contributed by atoms with E-state index in [0.717, 1.165) is 9.87 Å². The number of carbonyl (C=O) groups excluding carboxylic acids is 1. The number of nitrogens with zero attached hydrogens (tertiary/aromatic N) is 1. The minimum absolute atomic E-state index is 0.0215. The summed E-state index contributed by atoms with van der Waals surface area (Å²) in [4.78, 5) is 13.2. The Balaban J connectivity index is 1.34. The number of anilines is 3. The van der Waals surface area contributed by atoms with E-state index >= 15 is 0 Å². The van der Waals surface area contributed by atoms with Crippen LogP contribution >= 0.6 is 11.6 Å². The van der Waals surface area contributed by atoms with Crippen molar-refractivity contribution in [3.63, 3.8) is 0 Å². The number of sulfonamides is 2. The standard InChI is InChI=1S/C33H28ClN3O6S2/c1-24-7-19-32(20-8-24)45(41,42)37(28-15-17-30(18-16-28)43-29-5-3-2-4-6-29)23-33(38)35-26-13-21-31(22-14-26)44(39,40)36-27-11-9-25(34)10-12-27/h2-22,36H,23H2,1H3,(H,35,38). The Bertz CT molecular complexity index is 1990. The third kappa shape index (κ3) is 8.01. The number of rotatable bonds is 11. The molecule has 5 aromatic rings. The van der Waals surface area contributed by atoms with Crippen LogP contribution in [0.1, 0.15) is 5.56 Å². The van der Waals surface area contributed by atoms with Crippen LogP contribution in [-0.2, 0) is 24.8 Å². The molecule has 0 aliphatic heterocycles. The molecule has 5 aromatic carbocycles. The van der Waals surface area contributed by atoms with E-state index in [9.17, 15) is 21.6 Å². The molecule has 0 aliphatic rings. The van der Waals surface area contributed by atoms with Crippen molar-refractivity contribution in [3.05, 3.63) is 138 Å². The van der Waals surface area contributed by atoms with Crippen LogP contribution in [0.15, 0.2) is 137 Å². The molecule has 0 unspecified atom stereocenters. The Kier molecular flexibility index (Phi) is 9.43. The van der Waals surface area contributed by atoms with Gasteiger partial charge in [0.15, 0.2) is 0 Å². The van der Waals surface area contributed by atoms with Gasteiger partial charge in [0.05, 0.1) is 15.5 Å². The molecule has 2 N–H and O–H groups in total. The average molecular weight is 662 g/mol. The van der Waals surface area contributed by atoms with Crippen LogP contribution in [0.2, 0.25) is 5.02 Å². The number of hydrogen-bond acceptors (Lipinski definition) is 6. The van der Waals surface area contributed by atoms with Crippen molar-refractivity contribution in [2.75, 3.05) is 20.9 Å². The van der Waals surface area contributed by atoms with E-state index in [2.05, 4.69) is 10.0 Å². The van der Waals surface area contributed by atoms with Crippen molar-refractivity contribution in [2.45, 2.75) is 16.7 Å². The van der Waals surface area contributed by atoms with Gasteiger partial charge in [-0.25, -0.2) is 16.8 Å². The highest BCUT2D eigenvalue weighted by Crippen LogP contribution is 2.28. The molecule has 0 fully saturated rings. The van der Waals surface area contributed by atoms with Gasteiger partial charge in [-0.05, 0) is 104 Å². The van der Waals surface area contributed by atoms with Crippen molar-refractivity contribution in [1.82, 2.24) is 0 Å². The van der Waals surface area contributed by atoms with Crippen molar-refractivity contribution in [2.24, 2.45) is 0 Å². The van der Waals surface area contributed by atoms with E-state index in [4.69, 9.17) is 16.3 Å². The fraction of sp³-hybridized carbons (Fsp3) is 0.0606. The lowest BCUT2D eigenvalue weighted by molar-refractivity contribution is -0.114. The van der Waals surface area contributed by atoms with Gasteiger partial charge in [0.2, 0.25) is 5.91 Å². The molecule has 1 amide bonds. The van der Waals surface area contributed by atoms with Crippen LogP contribution in [0.3, 0.4) is 0 Å². The molecule has 45 heavy (non-hydrogen) atoms. The van der Waals surface area contributed by atoms with E-state index in [1.165, 1.54) is 48.5 Å². The van der Waals surface area contributed by atoms with Crippen LogP contribution in [0.5, 0.6) is 11.5 Å². The summed E-state index contributed by atoms with van der Waals surface area (Å²) in [5, 5.41) is 3.12. The summed E-state index contributed by atoms with van der Waals surface area (Å²) < 4.78 is 62.4. The van der Waals surface area contributed by atoms with Crippen LogP contribution < -0.4 is 19.1 Å². The second-order valence-electron chi connectivity index (χ2n) is 9.92. The molecule has 0 radical (unpaired) electrons. The Hall–Kier alpha value is -4.84. The minimum Gasteiger partial charge on any atom is -0.457 e. The minimum atomic E-state index is -4.15. The molecule has 5 rings (SSSR count). The topological polar surface area (TPSA) is 122 Å². The molecular formula is C33H28ClN3O6S2. The molecule has 0 spiro atoms. The zero-order chi connectivity index (χ0) is 32.0. The van der Waals surface area contributed by atoms with E-state index in [0.29, 0.717) is 22.2 Å². The SMILES string of the molecule is Cc1ccc(S(=O)(=O)N(CC(=O)Nc2ccc(S(=O)(=O)Nc3ccc(Cl)cc3)cc2)c2ccc(Oc3ccccc3)cc2)cc1. The molecule has 9 nitrogen and oxygen atoms in total. The van der Waals surface area contributed by atoms with E-state index < -0.39 is 32.5 Å². The first kappa shape index (κ1) is 31.6. The van der Waals surface area contributed by atoms with Gasteiger partial charge < -0.3 is 10.1 Å². The van der Waals surface area contributed by atoms with Gasteiger partial charge in [-0.2, -0.15) is 0 Å². The van der Waals surface area contributed by atoms with Crippen LogP contribution in [0.4, 0.5) is 17.1 Å². The zero-order valence-electron chi connectivity index (χ0n) is 23.9. The Morgan fingerprint density at radius 1 is 0.689 bits per heavy atom. The summed E-state index contributed by atoms with van der Waals surface area (Å²) in [6.07, 6.45) is 0. The normalized spacial score (nSPS) is 11.4. The van der Waals surface area contributed by atoms with Crippen molar-refractivity contribution < 1.29 is 26.4 Å². The van der Waals surface area contributed by atoms with E-state index in [-0.39, 0.29) is 21.2 Å². The summed E-state index contributed by atoms with van der Waals surface area (Å²) in [7, 11) is -8.06. The number of hydrogen-bond donors (Lipinski definition) is 2. The lowest BCUT2D eigenvalue weighted by Gasteiger charge is -2.24. The molecule has 0 aliphatic carbocycles. The smallest absolute Gasteiger partial charge is 0.264 e. The first-order valence-electron chi connectivity index (χ1n) is 13.6. The number of benzene rings is 5. The van der Waals surface area contributed by atoms with Gasteiger partial charge >= 0.3 is 0 Å². The maximum absolute atomic E-state index is 13.8. The fourth-order valence-corrected chi connectivity index (χ4v) is 6.84. The molecule has 230 valence electrons. The number of carbonyl (C=O) groups is 1. The number of ether oxygens (including phenoxy) is 1. The number of aryl methyl sites for hydroxylation is 1. The van der Waals surface area contributed by atoms with E-state index in [1.807, 2.05) is 25.1 Å². The van der Waals surface area contributed by atoms with Crippen LogP contribution in [0, 0.1) is 6.92 Å². The molecule has 0 saturated carbocycles. The van der Waals surface area contributed by atoms with Crippen molar-refractivity contribution >= 4 is 54.6 Å². The van der Waals surface area contributed by atoms with Crippen LogP contribution in [0.25, 0.3) is 0 Å². The molecule has 0 saturated heterocycles. The highest BCUT2D eigenvalue weighted by atomic mass is 35.5. The van der Waals surface area contributed by atoms with Crippen LogP contribution in [-0.4, -0.2) is 29.3 Å². The number of nitrogens with one attached hydrogen (secondary N) is 2. The van der Waals surface area contributed by atoms with Gasteiger partial charge in [-0.3, -0.25) is 13.8 Å². The highest BCUT2D eigenvalue weighted by molar-refractivity contribution is 7.93. The number of halogens is 1. The zero-order valence-corrected chi connectivity index (χ0v) is 26.3. The largest absolute Gasteiger partial charge is 0.457 e. The fourth-order valence-electron chi connectivity index (χ4n) is 4.24. The predicted molar refractivity (Wildman–Crippen MR) is 176 cm³/mol. The third-order valence-corrected chi connectivity index (χ3v) is 9.98. The predicted octanol–water partition coefficient (Wildman–Crippen LogP) is 7.08. The maximum Gasteiger partial charge on any atom is 0.264 e. The quantitative estimate of drug-likeness (QED) is 0.156. The molecule has 0 bridgehead atoms. The third-order valence-electron chi connectivity index (χ3n) is 6.54. The van der Waals surface area contributed by atoms with Gasteiger partial charge in [0, 0.05) is 16.4 Å². The first-order valence-corrected chi connectivity index (χ1v) is 16.9. The monoisotopic (exact) mass is 661 g/mol. The lowest BCUT2D eigenvalue weighted by Crippen LogP contribution is -2.38. The highest BCUT2D eigenvalue weighted by Gasteiger charge is 2.27. The van der Waals surface area contributed by atoms with Crippen molar-refractivity contribution in [1.29, 1.82) is 0 Å². The Morgan fingerprint density at radius 2 is 1.24 bits per heavy atom. The maximum atomic E-state index is 13.8. The first-order chi connectivity index (χ1) is 21.5. The van der Waals surface area contributed by atoms with Crippen molar-refractivity contribution in [3.8, 4) is 11.5 Å². The lowest BCUT2D eigenvalue weighted by atomic mass is 10.2. The summed E-state index contributed by atoms with van der Waals surface area (Å²) in [6, 6.07) is 33.5. The average Bonchev–Trinajstić information content (AvgIpc) is 3.02. The summed E-state index contributed by atoms with van der Waals surface area (Å²) in [5.41, 5.74) is 1.76. The van der Waals surface area contributed by atoms with Gasteiger partial charge in [-0.1, -0.05) is 47.5 Å². The number of amides is 1. The van der Waals surface area contributed by atoms with Gasteiger partial charge in [0.1, 0.15) is 18.0 Å². The molecular weight excluding hydrogens is 634 g/mol. The second kappa shape index (κ2) is 13.4. The number of para-hydroxylation sites is 1. The summed E-state index contributed by atoms with van der Waals surface area (Å²) >= 11 is 5.87. The molecule has 12 heteroatoms. The van der Waals surface area contributed by atoms with E-state index in [1.54, 1.807) is 60.7 Å². The second-order valence-corrected chi connectivity index (χ2v) is 13.9. The summed E-state index contributed by atoms with van der Waals surface area (Å²) in [5.74, 6) is 0.473. The van der Waals surface area contributed by atoms with Gasteiger partial charge in [0.25, 0.3) is 20.0 Å². The Labute approximate surface area is 267 Å². The Morgan fingerprint density at radius 3 is 1.87 bits per heavy atom.